The zero-order valence-electron chi connectivity index (χ0n) is 8.78. The van der Waals surface area contributed by atoms with Gasteiger partial charge in [-0.15, -0.1) is 0 Å². The fourth-order valence-corrected chi connectivity index (χ4v) is 1.98. The van der Waals surface area contributed by atoms with Crippen molar-refractivity contribution < 1.29 is 13.5 Å². The van der Waals surface area contributed by atoms with E-state index in [-0.39, 0.29) is 5.75 Å². The van der Waals surface area contributed by atoms with Crippen LogP contribution in [-0.2, 0) is 5.41 Å². The fraction of sp³-hybridized carbons (Fsp3) is 0.417. The molecule has 2 rings (SSSR count). The Labute approximate surface area is 92.5 Å². The summed E-state index contributed by atoms with van der Waals surface area (Å²) in [5.74, 6) is 0.458. The molecule has 2 atom stereocenters. The summed E-state index contributed by atoms with van der Waals surface area (Å²) in [4.78, 5) is 0. The lowest BCUT2D eigenvalue weighted by Crippen LogP contribution is -2.06. The van der Waals surface area contributed by atoms with Gasteiger partial charge in [-0.25, -0.2) is 0 Å². The zero-order valence-corrected chi connectivity index (χ0v) is 8.78. The second-order valence-electron chi connectivity index (χ2n) is 4.09. The van der Waals surface area contributed by atoms with Gasteiger partial charge in [0.2, 0.25) is 0 Å². The molecule has 0 bridgehead atoms. The Bertz CT molecular complexity index is 424. The molecular formula is C12H11F2NO. The summed E-state index contributed by atoms with van der Waals surface area (Å²) in [6, 6.07) is 8.62. The molecule has 2 unspecified atom stereocenters. The highest BCUT2D eigenvalue weighted by molar-refractivity contribution is 5.43. The van der Waals surface area contributed by atoms with E-state index >= 15 is 0 Å². The SMILES string of the molecule is CC1CC1(C#N)c1ccc(OC(F)F)cc1. The van der Waals surface area contributed by atoms with Crippen molar-refractivity contribution >= 4 is 0 Å². The molecule has 84 valence electrons. The fourth-order valence-electron chi connectivity index (χ4n) is 1.98. The van der Waals surface area contributed by atoms with E-state index in [1.54, 1.807) is 12.1 Å². The second kappa shape index (κ2) is 3.75. The van der Waals surface area contributed by atoms with E-state index in [1.165, 1.54) is 12.1 Å². The summed E-state index contributed by atoms with van der Waals surface area (Å²) in [7, 11) is 0. The van der Waals surface area contributed by atoms with Gasteiger partial charge in [0.05, 0.1) is 11.5 Å². The minimum atomic E-state index is -2.81. The molecule has 0 aliphatic heterocycles. The first kappa shape index (κ1) is 10.9. The summed E-state index contributed by atoms with van der Waals surface area (Å²) >= 11 is 0. The Morgan fingerprint density at radius 3 is 2.38 bits per heavy atom. The monoisotopic (exact) mass is 223 g/mol. The number of ether oxygens (including phenoxy) is 1. The molecule has 0 amide bonds. The van der Waals surface area contributed by atoms with Gasteiger partial charge in [-0.1, -0.05) is 19.1 Å². The van der Waals surface area contributed by atoms with Gasteiger partial charge in [0, 0.05) is 0 Å². The van der Waals surface area contributed by atoms with Crippen LogP contribution in [0.5, 0.6) is 5.75 Å². The van der Waals surface area contributed by atoms with Crippen LogP contribution in [-0.4, -0.2) is 6.61 Å². The van der Waals surface area contributed by atoms with Gasteiger partial charge in [0.25, 0.3) is 0 Å². The average molecular weight is 223 g/mol. The van der Waals surface area contributed by atoms with Crippen molar-refractivity contribution in [1.82, 2.24) is 0 Å². The number of rotatable bonds is 3. The topological polar surface area (TPSA) is 33.0 Å². The molecule has 1 saturated carbocycles. The third-order valence-electron chi connectivity index (χ3n) is 3.10. The van der Waals surface area contributed by atoms with E-state index in [1.807, 2.05) is 6.92 Å². The van der Waals surface area contributed by atoms with Gasteiger partial charge in [0.15, 0.2) is 0 Å². The van der Waals surface area contributed by atoms with E-state index in [9.17, 15) is 8.78 Å². The molecule has 2 nitrogen and oxygen atoms in total. The van der Waals surface area contributed by atoms with E-state index in [2.05, 4.69) is 10.8 Å². The largest absolute Gasteiger partial charge is 0.435 e. The standard InChI is InChI=1S/C12H11F2NO/c1-8-6-12(8,7-15)9-2-4-10(5-3-9)16-11(13)14/h2-5,8,11H,6H2,1H3. The molecule has 1 aliphatic rings. The van der Waals surface area contributed by atoms with E-state index in [0.717, 1.165) is 12.0 Å². The molecule has 0 heterocycles. The molecule has 0 N–H and O–H groups in total. The third-order valence-corrected chi connectivity index (χ3v) is 3.10. The van der Waals surface area contributed by atoms with Crippen molar-refractivity contribution in [1.29, 1.82) is 5.26 Å². The smallest absolute Gasteiger partial charge is 0.387 e. The maximum Gasteiger partial charge on any atom is 0.387 e. The average Bonchev–Trinajstić information content (AvgIpc) is 2.91. The molecule has 1 aromatic rings. The summed E-state index contributed by atoms with van der Waals surface area (Å²) in [6.07, 6.45) is 0.832. The number of benzene rings is 1. The minimum Gasteiger partial charge on any atom is -0.435 e. The maximum atomic E-state index is 11.9. The van der Waals surface area contributed by atoms with E-state index in [0.29, 0.717) is 5.92 Å². The van der Waals surface area contributed by atoms with Crippen molar-refractivity contribution in [3.63, 3.8) is 0 Å². The highest BCUT2D eigenvalue weighted by atomic mass is 19.3. The quantitative estimate of drug-likeness (QED) is 0.788. The first-order valence-electron chi connectivity index (χ1n) is 5.05. The zero-order chi connectivity index (χ0) is 11.8. The Morgan fingerprint density at radius 1 is 1.44 bits per heavy atom. The highest BCUT2D eigenvalue weighted by Crippen LogP contribution is 2.53. The van der Waals surface area contributed by atoms with E-state index in [4.69, 9.17) is 5.26 Å². The van der Waals surface area contributed by atoms with Gasteiger partial charge in [-0.05, 0) is 30.0 Å². The Morgan fingerprint density at radius 2 is 2.00 bits per heavy atom. The molecule has 0 saturated heterocycles. The molecular weight excluding hydrogens is 212 g/mol. The number of nitriles is 1. The summed E-state index contributed by atoms with van der Waals surface area (Å²) in [5, 5.41) is 9.09. The van der Waals surface area contributed by atoms with Crippen LogP contribution < -0.4 is 4.74 Å². The third kappa shape index (κ3) is 1.73. The number of halogens is 2. The Kier molecular flexibility index (Phi) is 2.55. The summed E-state index contributed by atoms with van der Waals surface area (Å²) < 4.78 is 28.1. The van der Waals surface area contributed by atoms with Crippen LogP contribution in [0, 0.1) is 17.2 Å². The van der Waals surface area contributed by atoms with Crippen LogP contribution in [0.25, 0.3) is 0 Å². The number of alkyl halides is 2. The molecule has 0 radical (unpaired) electrons. The van der Waals surface area contributed by atoms with Crippen molar-refractivity contribution in [3.8, 4) is 11.8 Å². The number of nitrogens with zero attached hydrogens (tertiary/aromatic N) is 1. The van der Waals surface area contributed by atoms with Crippen LogP contribution in [0.15, 0.2) is 24.3 Å². The molecule has 1 aliphatic carbocycles. The lowest BCUT2D eigenvalue weighted by atomic mass is 9.95. The lowest BCUT2D eigenvalue weighted by Gasteiger charge is -2.09. The predicted molar refractivity (Wildman–Crippen MR) is 54.1 cm³/mol. The van der Waals surface area contributed by atoms with Crippen LogP contribution in [0.4, 0.5) is 8.78 Å². The molecule has 0 aromatic heterocycles. The van der Waals surface area contributed by atoms with Crippen LogP contribution in [0.2, 0.25) is 0 Å². The lowest BCUT2D eigenvalue weighted by molar-refractivity contribution is -0.0498. The Hall–Kier alpha value is -1.63. The van der Waals surface area contributed by atoms with E-state index < -0.39 is 12.0 Å². The van der Waals surface area contributed by atoms with Crippen LogP contribution in [0.1, 0.15) is 18.9 Å². The number of hydrogen-bond acceptors (Lipinski definition) is 2. The summed E-state index contributed by atoms with van der Waals surface area (Å²) in [6.45, 7) is -0.803. The summed E-state index contributed by atoms with van der Waals surface area (Å²) in [5.41, 5.74) is 0.465. The molecule has 4 heteroatoms. The Balaban J connectivity index is 2.18. The predicted octanol–water partition coefficient (Wildman–Crippen LogP) is 3.09. The first-order chi connectivity index (χ1) is 7.58. The minimum absolute atomic E-state index is 0.125. The second-order valence-corrected chi connectivity index (χ2v) is 4.09. The van der Waals surface area contributed by atoms with Crippen molar-refractivity contribution in [2.45, 2.75) is 25.4 Å². The van der Waals surface area contributed by atoms with Gasteiger partial charge in [-0.2, -0.15) is 14.0 Å². The van der Waals surface area contributed by atoms with Crippen LogP contribution in [0.3, 0.4) is 0 Å². The highest BCUT2D eigenvalue weighted by Gasteiger charge is 2.53. The maximum absolute atomic E-state index is 11.9. The van der Waals surface area contributed by atoms with Crippen molar-refractivity contribution in [2.24, 2.45) is 5.92 Å². The molecule has 1 aromatic carbocycles. The first-order valence-corrected chi connectivity index (χ1v) is 5.05. The molecule has 0 spiro atoms. The van der Waals surface area contributed by atoms with Crippen molar-refractivity contribution in [2.75, 3.05) is 0 Å². The van der Waals surface area contributed by atoms with Gasteiger partial charge in [0.1, 0.15) is 5.75 Å². The van der Waals surface area contributed by atoms with Gasteiger partial charge < -0.3 is 4.74 Å². The van der Waals surface area contributed by atoms with Gasteiger partial charge in [-0.3, -0.25) is 0 Å². The number of hydrogen-bond donors (Lipinski definition) is 0. The molecule has 16 heavy (non-hydrogen) atoms. The molecule has 1 fully saturated rings. The normalized spacial score (nSPS) is 27.6. The van der Waals surface area contributed by atoms with Crippen molar-refractivity contribution in [3.05, 3.63) is 29.8 Å². The van der Waals surface area contributed by atoms with Crippen LogP contribution >= 0.6 is 0 Å². The van der Waals surface area contributed by atoms with Gasteiger partial charge >= 0.3 is 6.61 Å².